The number of aliphatic hydroxyl groups excluding tert-OH is 1. The first-order chi connectivity index (χ1) is 12.5. The summed E-state index contributed by atoms with van der Waals surface area (Å²) < 4.78 is 2.59. The number of benzene rings is 1. The van der Waals surface area contributed by atoms with E-state index in [9.17, 15) is 14.7 Å². The number of halogens is 1. The van der Waals surface area contributed by atoms with Crippen LogP contribution in [0.3, 0.4) is 0 Å². The average molecular weight is 439 g/mol. The molecule has 1 aromatic heterocycles. The number of hydrogen-bond acceptors (Lipinski definition) is 4. The molecule has 27 heavy (non-hydrogen) atoms. The molecular weight excluding hydrogens is 412 g/mol. The Morgan fingerprint density at radius 1 is 1.37 bits per heavy atom. The highest BCUT2D eigenvalue weighted by Gasteiger charge is 2.32. The molecule has 7 nitrogen and oxygen atoms in total. The lowest BCUT2D eigenvalue weighted by atomic mass is 9.86. The first kappa shape index (κ1) is 21.4. The number of primary amides is 1. The topological polar surface area (TPSA) is 110 Å². The van der Waals surface area contributed by atoms with Crippen molar-refractivity contribution in [1.82, 2.24) is 15.1 Å². The molecule has 2 atom stereocenters. The van der Waals surface area contributed by atoms with Gasteiger partial charge in [-0.25, -0.2) is 0 Å². The molecule has 0 radical (unpaired) electrons. The van der Waals surface area contributed by atoms with E-state index >= 15 is 0 Å². The van der Waals surface area contributed by atoms with Gasteiger partial charge in [-0.2, -0.15) is 5.10 Å². The van der Waals surface area contributed by atoms with Gasteiger partial charge < -0.3 is 16.2 Å². The van der Waals surface area contributed by atoms with E-state index in [-0.39, 0.29) is 11.8 Å². The van der Waals surface area contributed by atoms with Gasteiger partial charge >= 0.3 is 0 Å². The zero-order chi connectivity index (χ0) is 20.4. The maximum atomic E-state index is 12.9. The smallest absolute Gasteiger partial charge is 0.273 e. The van der Waals surface area contributed by atoms with E-state index in [4.69, 9.17) is 5.73 Å². The summed E-state index contributed by atoms with van der Waals surface area (Å²) in [6, 6.07) is 4.80. The number of rotatable bonds is 7. The highest BCUT2D eigenvalue weighted by atomic mass is 79.9. The zero-order valence-corrected chi connectivity index (χ0v) is 17.7. The standard InChI is InChI=1S/C19H27BrN4O3/c1-11(25)6-5-9-24-14-8-7-12(20)10-13(14)15(23-24)18(27)22-16(17(21)26)19(2,3)4/h7-8,10-11,16,25H,5-6,9H2,1-4H3,(H2,21,26)(H,22,27)/t11?,16-/m1/s1. The number of nitrogens with two attached hydrogens (primary N) is 1. The van der Waals surface area contributed by atoms with Crippen LogP contribution in [0.4, 0.5) is 0 Å². The highest BCUT2D eigenvalue weighted by Crippen LogP contribution is 2.25. The van der Waals surface area contributed by atoms with Crippen molar-refractivity contribution in [2.75, 3.05) is 0 Å². The van der Waals surface area contributed by atoms with Crippen LogP contribution in [0.1, 0.15) is 51.0 Å². The van der Waals surface area contributed by atoms with Gasteiger partial charge in [0.15, 0.2) is 5.69 Å². The maximum Gasteiger partial charge on any atom is 0.273 e. The van der Waals surface area contributed by atoms with Crippen molar-refractivity contribution in [2.45, 2.75) is 59.2 Å². The van der Waals surface area contributed by atoms with E-state index < -0.39 is 23.3 Å². The highest BCUT2D eigenvalue weighted by molar-refractivity contribution is 9.10. The summed E-state index contributed by atoms with van der Waals surface area (Å²) in [6.07, 6.45) is 0.997. The molecule has 4 N–H and O–H groups in total. The molecule has 8 heteroatoms. The predicted molar refractivity (Wildman–Crippen MR) is 108 cm³/mol. The fourth-order valence-corrected chi connectivity index (χ4v) is 3.30. The summed E-state index contributed by atoms with van der Waals surface area (Å²) in [7, 11) is 0. The van der Waals surface area contributed by atoms with Crippen molar-refractivity contribution in [1.29, 1.82) is 0 Å². The maximum absolute atomic E-state index is 12.9. The molecule has 148 valence electrons. The summed E-state index contributed by atoms with van der Waals surface area (Å²) in [5.41, 5.74) is 6.03. The number of amides is 2. The van der Waals surface area contributed by atoms with E-state index in [1.54, 1.807) is 11.6 Å². The molecule has 2 aromatic rings. The largest absolute Gasteiger partial charge is 0.393 e. The zero-order valence-electron chi connectivity index (χ0n) is 16.1. The Labute approximate surface area is 167 Å². The van der Waals surface area contributed by atoms with Crippen molar-refractivity contribution in [2.24, 2.45) is 11.1 Å². The van der Waals surface area contributed by atoms with Crippen LogP contribution in [0, 0.1) is 5.41 Å². The first-order valence-electron chi connectivity index (χ1n) is 8.95. The molecule has 0 bridgehead atoms. The van der Waals surface area contributed by atoms with Gasteiger partial charge in [0.1, 0.15) is 6.04 Å². The Morgan fingerprint density at radius 2 is 2.04 bits per heavy atom. The summed E-state index contributed by atoms with van der Waals surface area (Å²) >= 11 is 3.43. The van der Waals surface area contributed by atoms with Crippen molar-refractivity contribution in [3.05, 3.63) is 28.4 Å². The van der Waals surface area contributed by atoms with E-state index in [1.165, 1.54) is 0 Å². The molecule has 0 saturated heterocycles. The molecule has 0 aliphatic heterocycles. The number of hydrogen-bond donors (Lipinski definition) is 3. The number of aryl methyl sites for hydroxylation is 1. The van der Waals surface area contributed by atoms with Crippen molar-refractivity contribution >= 4 is 38.6 Å². The third-order valence-corrected chi connectivity index (χ3v) is 4.84. The fraction of sp³-hybridized carbons (Fsp3) is 0.526. The summed E-state index contributed by atoms with van der Waals surface area (Å²) in [5.74, 6) is -1.02. The molecule has 2 amide bonds. The van der Waals surface area contributed by atoms with Gasteiger partial charge in [-0.05, 0) is 43.4 Å². The minimum Gasteiger partial charge on any atom is -0.393 e. The predicted octanol–water partition coefficient (Wildman–Crippen LogP) is 2.59. The van der Waals surface area contributed by atoms with Crippen LogP contribution in [-0.2, 0) is 11.3 Å². The lowest BCUT2D eigenvalue weighted by Crippen LogP contribution is -2.52. The monoisotopic (exact) mass is 438 g/mol. The van der Waals surface area contributed by atoms with Gasteiger partial charge in [0.05, 0.1) is 11.6 Å². The summed E-state index contributed by atoms with van der Waals surface area (Å²) in [5, 5.41) is 17.3. The number of aromatic nitrogens is 2. The van der Waals surface area contributed by atoms with Crippen molar-refractivity contribution in [3.8, 4) is 0 Å². The van der Waals surface area contributed by atoms with E-state index in [1.807, 2.05) is 39.0 Å². The van der Waals surface area contributed by atoms with Gasteiger partial charge in [0.25, 0.3) is 5.91 Å². The van der Waals surface area contributed by atoms with E-state index in [2.05, 4.69) is 26.3 Å². The third kappa shape index (κ3) is 5.29. The first-order valence-corrected chi connectivity index (χ1v) is 9.74. The molecule has 0 aliphatic carbocycles. The van der Waals surface area contributed by atoms with Crippen molar-refractivity contribution < 1.29 is 14.7 Å². The molecule has 0 fully saturated rings. The molecule has 1 heterocycles. The fourth-order valence-electron chi connectivity index (χ4n) is 2.94. The average Bonchev–Trinajstić information content (AvgIpc) is 2.88. The van der Waals surface area contributed by atoms with Crippen molar-refractivity contribution in [3.63, 3.8) is 0 Å². The molecule has 1 aromatic carbocycles. The minimum absolute atomic E-state index is 0.249. The number of aliphatic hydroxyl groups is 1. The Bertz CT molecular complexity index is 839. The minimum atomic E-state index is -0.812. The van der Waals surface area contributed by atoms with Crippen LogP contribution in [0.5, 0.6) is 0 Å². The van der Waals surface area contributed by atoms with Crippen LogP contribution in [0.2, 0.25) is 0 Å². The second-order valence-electron chi connectivity index (χ2n) is 7.90. The van der Waals surface area contributed by atoms with Crippen LogP contribution in [0.25, 0.3) is 10.9 Å². The normalized spacial score (nSPS) is 14.1. The molecule has 0 saturated carbocycles. The van der Waals surface area contributed by atoms with Gasteiger partial charge in [-0.1, -0.05) is 36.7 Å². The third-order valence-electron chi connectivity index (χ3n) is 4.35. The lowest BCUT2D eigenvalue weighted by molar-refractivity contribution is -0.122. The molecule has 2 rings (SSSR count). The summed E-state index contributed by atoms with van der Waals surface area (Å²) in [4.78, 5) is 24.7. The lowest BCUT2D eigenvalue weighted by Gasteiger charge is -2.28. The summed E-state index contributed by atoms with van der Waals surface area (Å²) in [6.45, 7) is 7.84. The van der Waals surface area contributed by atoms with Crippen LogP contribution in [-0.4, -0.2) is 38.8 Å². The molecule has 0 spiro atoms. The quantitative estimate of drug-likeness (QED) is 0.616. The van der Waals surface area contributed by atoms with E-state index in [0.717, 1.165) is 16.4 Å². The van der Waals surface area contributed by atoms with Crippen LogP contribution < -0.4 is 11.1 Å². The van der Waals surface area contributed by atoms with Gasteiger partial charge in [-0.3, -0.25) is 14.3 Å². The molecule has 1 unspecified atom stereocenters. The molecule has 0 aliphatic rings. The molecular formula is C19H27BrN4O3. The second-order valence-corrected chi connectivity index (χ2v) is 8.82. The Morgan fingerprint density at radius 3 is 2.59 bits per heavy atom. The SMILES string of the molecule is CC(O)CCCn1nc(C(=O)N[C@H](C(N)=O)C(C)(C)C)c2cc(Br)ccc21. The second kappa shape index (κ2) is 8.39. The Balaban J connectivity index is 2.37. The van der Waals surface area contributed by atoms with Gasteiger partial charge in [-0.15, -0.1) is 0 Å². The van der Waals surface area contributed by atoms with E-state index in [0.29, 0.717) is 18.4 Å². The van der Waals surface area contributed by atoms with Crippen LogP contribution in [0.15, 0.2) is 22.7 Å². The number of nitrogens with zero attached hydrogens (tertiary/aromatic N) is 2. The Hall–Kier alpha value is -1.93. The Kier molecular flexibility index (Phi) is 6.64. The van der Waals surface area contributed by atoms with Gasteiger partial charge in [0.2, 0.25) is 5.91 Å². The van der Waals surface area contributed by atoms with Crippen LogP contribution >= 0.6 is 15.9 Å². The number of carbonyl (C=O) groups excluding carboxylic acids is 2. The number of fused-ring (bicyclic) bond motifs is 1. The number of nitrogens with one attached hydrogen (secondary N) is 1. The van der Waals surface area contributed by atoms with Gasteiger partial charge in [0, 0.05) is 16.4 Å². The number of carbonyl (C=O) groups is 2.